The lowest BCUT2D eigenvalue weighted by atomic mass is 10.1. The number of methoxy groups -OCH3 is 1. The Morgan fingerprint density at radius 2 is 2.00 bits per heavy atom. The fourth-order valence-corrected chi connectivity index (χ4v) is 2.21. The predicted molar refractivity (Wildman–Crippen MR) is 65.6 cm³/mol. The Bertz CT molecular complexity index is 419. The van der Waals surface area contributed by atoms with Crippen LogP contribution in [0.3, 0.4) is 0 Å². The first-order valence-corrected chi connectivity index (χ1v) is 6.49. The van der Waals surface area contributed by atoms with Gasteiger partial charge in [-0.1, -0.05) is 12.1 Å². The van der Waals surface area contributed by atoms with Gasteiger partial charge in [-0.05, 0) is 17.7 Å². The molecule has 3 N–H and O–H groups in total. The number of quaternary nitrogens is 1. The Balaban J connectivity index is 2.44. The maximum Gasteiger partial charge on any atom is 0.337 e. The lowest BCUT2D eigenvalue weighted by molar-refractivity contribution is -0.431. The first-order chi connectivity index (χ1) is 8.54. The summed E-state index contributed by atoms with van der Waals surface area (Å²) in [6.45, 7) is 0. The molecule has 0 aliphatic heterocycles. The quantitative estimate of drug-likeness (QED) is 0.673. The summed E-state index contributed by atoms with van der Waals surface area (Å²) in [5.74, 6) is -0.436. The van der Waals surface area contributed by atoms with Gasteiger partial charge < -0.3 is 20.4 Å². The van der Waals surface area contributed by atoms with Crippen molar-refractivity contribution in [3.63, 3.8) is 0 Å². The highest BCUT2D eigenvalue weighted by atomic mass is 32.2. The summed E-state index contributed by atoms with van der Waals surface area (Å²) >= 11 is 1.46. The second-order valence-electron chi connectivity index (χ2n) is 3.72. The number of hydrogen-bond donors (Lipinski definition) is 1. The molecule has 0 amide bonds. The Hall–Kier alpha value is -1.53. The van der Waals surface area contributed by atoms with E-state index in [4.69, 9.17) is 0 Å². The van der Waals surface area contributed by atoms with Crippen LogP contribution in [-0.2, 0) is 15.3 Å². The number of thioether (sulfide) groups is 1. The minimum atomic E-state index is -1.14. The largest absolute Gasteiger partial charge is 0.544 e. The maximum atomic E-state index is 11.2. The molecule has 1 aromatic carbocycles. The molecule has 1 atom stereocenters. The molecule has 0 spiro atoms. The van der Waals surface area contributed by atoms with Gasteiger partial charge in [0.2, 0.25) is 0 Å². The predicted octanol–water partition coefficient (Wildman–Crippen LogP) is -0.933. The van der Waals surface area contributed by atoms with Gasteiger partial charge >= 0.3 is 5.97 Å². The van der Waals surface area contributed by atoms with Crippen molar-refractivity contribution in [3.05, 3.63) is 35.4 Å². The summed E-state index contributed by atoms with van der Waals surface area (Å²) < 4.78 is 4.59. The zero-order valence-corrected chi connectivity index (χ0v) is 10.9. The molecule has 0 aromatic heterocycles. The molecule has 1 rings (SSSR count). The van der Waals surface area contributed by atoms with Gasteiger partial charge in [-0.15, -0.1) is 0 Å². The first kappa shape index (κ1) is 14.5. The molecule has 0 saturated carbocycles. The van der Waals surface area contributed by atoms with E-state index in [0.717, 1.165) is 5.56 Å². The standard InChI is InChI=1S/C12H15NO4S/c1-17-12(16)9-4-2-8(3-5-9)6-18-7-10(13)11(14)15/h2-5,10H,6-7,13H2,1H3,(H,14,15)/t10-/m0/s1. The zero-order valence-electron chi connectivity index (χ0n) is 10.0. The number of hydrogen-bond acceptors (Lipinski definition) is 5. The fraction of sp³-hybridized carbons (Fsp3) is 0.333. The Morgan fingerprint density at radius 3 is 2.50 bits per heavy atom. The highest BCUT2D eigenvalue weighted by Gasteiger charge is 2.08. The number of carboxylic acid groups (broad SMARTS) is 1. The monoisotopic (exact) mass is 269 g/mol. The van der Waals surface area contributed by atoms with Crippen molar-refractivity contribution in [2.45, 2.75) is 11.8 Å². The minimum absolute atomic E-state index is 0.371. The van der Waals surface area contributed by atoms with Crippen molar-refractivity contribution in [1.29, 1.82) is 0 Å². The van der Waals surface area contributed by atoms with Crippen LogP contribution in [0.1, 0.15) is 15.9 Å². The summed E-state index contributed by atoms with van der Waals surface area (Å²) in [5.41, 5.74) is 4.98. The summed E-state index contributed by atoms with van der Waals surface area (Å²) in [6, 6.07) is 6.29. The normalized spacial score (nSPS) is 11.9. The number of benzene rings is 1. The molecule has 1 aromatic rings. The average Bonchev–Trinajstić information content (AvgIpc) is 2.38. The number of aliphatic carboxylic acids is 1. The van der Waals surface area contributed by atoms with E-state index in [1.807, 2.05) is 12.1 Å². The van der Waals surface area contributed by atoms with E-state index in [2.05, 4.69) is 10.5 Å². The number of carboxylic acids is 1. The average molecular weight is 269 g/mol. The topological polar surface area (TPSA) is 94.1 Å². The molecule has 0 aliphatic rings. The number of carbonyl (C=O) groups excluding carboxylic acids is 2. The number of carbonyl (C=O) groups is 2. The maximum absolute atomic E-state index is 11.2. The van der Waals surface area contributed by atoms with E-state index in [1.54, 1.807) is 12.1 Å². The van der Waals surface area contributed by atoms with Crippen LogP contribution >= 0.6 is 11.8 Å². The van der Waals surface area contributed by atoms with Gasteiger partial charge in [0.1, 0.15) is 6.04 Å². The Labute approximate surface area is 109 Å². The van der Waals surface area contributed by atoms with Gasteiger partial charge in [0, 0.05) is 5.75 Å². The lowest BCUT2D eigenvalue weighted by Crippen LogP contribution is -2.69. The molecule has 0 saturated heterocycles. The van der Waals surface area contributed by atoms with Gasteiger partial charge in [-0.25, -0.2) is 4.79 Å². The van der Waals surface area contributed by atoms with Gasteiger partial charge in [-0.2, -0.15) is 11.8 Å². The Kier molecular flexibility index (Phi) is 5.67. The van der Waals surface area contributed by atoms with Crippen molar-refractivity contribution >= 4 is 23.7 Å². The van der Waals surface area contributed by atoms with Crippen LogP contribution in [0.4, 0.5) is 0 Å². The van der Waals surface area contributed by atoms with Crippen LogP contribution in [-0.4, -0.2) is 30.8 Å². The van der Waals surface area contributed by atoms with Crippen molar-refractivity contribution in [3.8, 4) is 0 Å². The molecule has 0 unspecified atom stereocenters. The second kappa shape index (κ2) is 7.03. The highest BCUT2D eigenvalue weighted by Crippen LogP contribution is 2.13. The summed E-state index contributed by atoms with van der Waals surface area (Å²) in [4.78, 5) is 21.7. The highest BCUT2D eigenvalue weighted by molar-refractivity contribution is 7.98. The molecule has 0 bridgehead atoms. The van der Waals surface area contributed by atoms with E-state index in [-0.39, 0.29) is 5.97 Å². The lowest BCUT2D eigenvalue weighted by Gasteiger charge is -2.08. The summed E-state index contributed by atoms with van der Waals surface area (Å²) in [6.07, 6.45) is 0. The van der Waals surface area contributed by atoms with Gasteiger partial charge in [0.25, 0.3) is 0 Å². The first-order valence-electron chi connectivity index (χ1n) is 5.33. The van der Waals surface area contributed by atoms with Crippen molar-refractivity contribution in [2.75, 3.05) is 12.9 Å². The molecular weight excluding hydrogens is 254 g/mol. The molecule has 98 valence electrons. The van der Waals surface area contributed by atoms with Gasteiger partial charge in [0.05, 0.1) is 24.4 Å². The number of rotatable bonds is 6. The van der Waals surface area contributed by atoms with Crippen molar-refractivity contribution in [1.82, 2.24) is 0 Å². The number of esters is 1. The molecule has 0 radical (unpaired) electrons. The zero-order chi connectivity index (χ0) is 13.5. The molecular formula is C12H15NO4S. The van der Waals surface area contributed by atoms with Crippen molar-refractivity contribution in [2.24, 2.45) is 0 Å². The summed E-state index contributed by atoms with van der Waals surface area (Å²) in [5, 5.41) is 10.5. The molecule has 18 heavy (non-hydrogen) atoms. The summed E-state index contributed by atoms with van der Waals surface area (Å²) in [7, 11) is 1.33. The van der Waals surface area contributed by atoms with E-state index in [9.17, 15) is 14.7 Å². The van der Waals surface area contributed by atoms with Crippen LogP contribution in [0.5, 0.6) is 0 Å². The van der Waals surface area contributed by atoms with Gasteiger partial charge in [-0.3, -0.25) is 0 Å². The Morgan fingerprint density at radius 1 is 1.39 bits per heavy atom. The molecule has 6 heteroatoms. The van der Waals surface area contributed by atoms with E-state index in [0.29, 0.717) is 17.1 Å². The van der Waals surface area contributed by atoms with E-state index >= 15 is 0 Å². The third kappa shape index (κ3) is 4.38. The van der Waals surface area contributed by atoms with Crippen molar-refractivity contribution < 1.29 is 25.2 Å². The third-order valence-corrected chi connectivity index (χ3v) is 3.47. The van der Waals surface area contributed by atoms with Crippen LogP contribution in [0.15, 0.2) is 24.3 Å². The third-order valence-electron chi connectivity index (χ3n) is 2.30. The number of ether oxygens (including phenoxy) is 1. The van der Waals surface area contributed by atoms with Crippen LogP contribution in [0, 0.1) is 0 Å². The molecule has 0 fully saturated rings. The van der Waals surface area contributed by atoms with Crippen LogP contribution in [0.25, 0.3) is 0 Å². The van der Waals surface area contributed by atoms with Gasteiger partial charge in [0.15, 0.2) is 0 Å². The molecule has 0 aliphatic carbocycles. The smallest absolute Gasteiger partial charge is 0.337 e. The van der Waals surface area contributed by atoms with Crippen LogP contribution < -0.4 is 10.8 Å². The molecule has 0 heterocycles. The SMILES string of the molecule is COC(=O)c1ccc(CSC[C@H]([NH3+])C(=O)[O-])cc1. The fourth-order valence-electron chi connectivity index (χ4n) is 1.24. The van der Waals surface area contributed by atoms with E-state index in [1.165, 1.54) is 18.9 Å². The molecule has 5 nitrogen and oxygen atoms in total. The minimum Gasteiger partial charge on any atom is -0.544 e. The van der Waals surface area contributed by atoms with E-state index < -0.39 is 12.0 Å². The second-order valence-corrected chi connectivity index (χ2v) is 4.75. The van der Waals surface area contributed by atoms with Crippen LogP contribution in [0.2, 0.25) is 0 Å².